The summed E-state index contributed by atoms with van der Waals surface area (Å²) in [6.45, 7) is 0. The minimum atomic E-state index is 0.595. The number of nitrogens with zero attached hydrogens (tertiary/aromatic N) is 3. The summed E-state index contributed by atoms with van der Waals surface area (Å²) >= 11 is 0. The van der Waals surface area contributed by atoms with Crippen LogP contribution in [0.3, 0.4) is 0 Å². The van der Waals surface area contributed by atoms with Crippen LogP contribution in [0.4, 0.5) is 0 Å². The standard InChI is InChI=1S/C47H29N3O/c1-4-15-30(16-5-1)33-27-28-38(35-22-11-10-21-34(33)35)46-48-45(32-19-8-3-9-20-32)49-47(50-46)39-25-14-26-42-43(39)41-29-40(31-17-6-2-7-18-31)36-23-12-13-24-37(36)44(41)51-42/h1-29H. The minimum Gasteiger partial charge on any atom is -0.455 e. The van der Waals surface area contributed by atoms with E-state index in [4.69, 9.17) is 19.4 Å². The number of benzene rings is 8. The van der Waals surface area contributed by atoms with Crippen molar-refractivity contribution in [3.05, 3.63) is 176 Å². The molecule has 4 nitrogen and oxygen atoms in total. The van der Waals surface area contributed by atoms with E-state index in [2.05, 4.69) is 127 Å². The van der Waals surface area contributed by atoms with E-state index in [1.807, 2.05) is 48.5 Å². The Hall–Kier alpha value is -6.91. The predicted octanol–water partition coefficient (Wildman–Crippen LogP) is 12.4. The van der Waals surface area contributed by atoms with Crippen molar-refractivity contribution in [2.75, 3.05) is 0 Å². The maximum Gasteiger partial charge on any atom is 0.164 e. The van der Waals surface area contributed by atoms with Crippen LogP contribution in [0, 0.1) is 0 Å². The van der Waals surface area contributed by atoms with Crippen LogP contribution in [-0.2, 0) is 0 Å². The number of hydrogen-bond acceptors (Lipinski definition) is 4. The number of furan rings is 1. The molecule has 0 unspecified atom stereocenters. The molecule has 0 atom stereocenters. The maximum atomic E-state index is 6.69. The summed E-state index contributed by atoms with van der Waals surface area (Å²) in [6.07, 6.45) is 0. The molecule has 2 aromatic heterocycles. The van der Waals surface area contributed by atoms with Crippen molar-refractivity contribution < 1.29 is 4.42 Å². The zero-order valence-corrected chi connectivity index (χ0v) is 27.5. The molecular weight excluding hydrogens is 623 g/mol. The van der Waals surface area contributed by atoms with Crippen LogP contribution in [0.25, 0.3) is 99.9 Å². The first-order chi connectivity index (χ1) is 25.3. The Morgan fingerprint density at radius 1 is 0.314 bits per heavy atom. The van der Waals surface area contributed by atoms with E-state index in [1.54, 1.807) is 0 Å². The summed E-state index contributed by atoms with van der Waals surface area (Å²) in [7, 11) is 0. The van der Waals surface area contributed by atoms with Gasteiger partial charge in [-0.1, -0.05) is 158 Å². The summed E-state index contributed by atoms with van der Waals surface area (Å²) in [5.74, 6) is 1.83. The van der Waals surface area contributed by atoms with E-state index in [9.17, 15) is 0 Å². The lowest BCUT2D eigenvalue weighted by Gasteiger charge is -2.13. The van der Waals surface area contributed by atoms with Crippen molar-refractivity contribution in [3.63, 3.8) is 0 Å². The van der Waals surface area contributed by atoms with Crippen LogP contribution >= 0.6 is 0 Å². The summed E-state index contributed by atoms with van der Waals surface area (Å²) in [5, 5.41) is 6.46. The van der Waals surface area contributed by atoms with Crippen LogP contribution in [0.15, 0.2) is 180 Å². The Kier molecular flexibility index (Phi) is 6.78. The van der Waals surface area contributed by atoms with Gasteiger partial charge < -0.3 is 4.42 Å². The van der Waals surface area contributed by atoms with E-state index >= 15 is 0 Å². The highest BCUT2D eigenvalue weighted by Gasteiger charge is 2.21. The van der Waals surface area contributed by atoms with Crippen molar-refractivity contribution in [2.24, 2.45) is 0 Å². The van der Waals surface area contributed by atoms with Gasteiger partial charge >= 0.3 is 0 Å². The first-order valence-electron chi connectivity index (χ1n) is 17.1. The lowest BCUT2D eigenvalue weighted by atomic mass is 9.94. The summed E-state index contributed by atoms with van der Waals surface area (Å²) < 4.78 is 6.69. The molecule has 10 aromatic rings. The first kappa shape index (κ1) is 29.0. The van der Waals surface area contributed by atoms with Gasteiger partial charge in [0.05, 0.1) is 0 Å². The third-order valence-electron chi connectivity index (χ3n) is 9.75. The molecule has 0 bridgehead atoms. The lowest BCUT2D eigenvalue weighted by molar-refractivity contribution is 0.673. The largest absolute Gasteiger partial charge is 0.455 e. The summed E-state index contributed by atoms with van der Waals surface area (Å²) in [4.78, 5) is 15.6. The van der Waals surface area contributed by atoms with Gasteiger partial charge in [0.15, 0.2) is 17.5 Å². The van der Waals surface area contributed by atoms with Gasteiger partial charge in [-0.2, -0.15) is 0 Å². The van der Waals surface area contributed by atoms with Gasteiger partial charge in [0.1, 0.15) is 11.2 Å². The van der Waals surface area contributed by atoms with Gasteiger partial charge in [-0.25, -0.2) is 15.0 Å². The Morgan fingerprint density at radius 3 is 1.47 bits per heavy atom. The third-order valence-corrected chi connectivity index (χ3v) is 9.75. The minimum absolute atomic E-state index is 0.595. The Bertz CT molecular complexity index is 2900. The quantitative estimate of drug-likeness (QED) is 0.186. The molecule has 8 aromatic carbocycles. The molecule has 51 heavy (non-hydrogen) atoms. The molecule has 0 radical (unpaired) electrons. The van der Waals surface area contributed by atoms with Crippen LogP contribution in [0.5, 0.6) is 0 Å². The van der Waals surface area contributed by atoms with Gasteiger partial charge in [0, 0.05) is 32.8 Å². The van der Waals surface area contributed by atoms with E-state index < -0.39 is 0 Å². The molecule has 0 spiro atoms. The van der Waals surface area contributed by atoms with E-state index in [0.29, 0.717) is 17.5 Å². The zero-order chi connectivity index (χ0) is 33.7. The Balaban J connectivity index is 1.25. The molecule has 0 aliphatic carbocycles. The predicted molar refractivity (Wildman–Crippen MR) is 209 cm³/mol. The molecular formula is C47H29N3O. The maximum absolute atomic E-state index is 6.69. The molecule has 0 N–H and O–H groups in total. The second kappa shape index (κ2) is 11.9. The van der Waals surface area contributed by atoms with Crippen molar-refractivity contribution >= 4 is 43.5 Å². The normalized spacial score (nSPS) is 11.5. The fraction of sp³-hybridized carbons (Fsp3) is 0. The highest BCUT2D eigenvalue weighted by molar-refractivity contribution is 6.22. The topological polar surface area (TPSA) is 51.8 Å². The highest BCUT2D eigenvalue weighted by atomic mass is 16.3. The van der Waals surface area contributed by atoms with Crippen LogP contribution < -0.4 is 0 Å². The number of aromatic nitrogens is 3. The number of rotatable bonds is 5. The lowest BCUT2D eigenvalue weighted by Crippen LogP contribution is -2.01. The van der Waals surface area contributed by atoms with Gasteiger partial charge in [0.25, 0.3) is 0 Å². The smallest absolute Gasteiger partial charge is 0.164 e. The molecule has 10 rings (SSSR count). The monoisotopic (exact) mass is 651 g/mol. The summed E-state index contributed by atoms with van der Waals surface area (Å²) in [5.41, 5.74) is 9.07. The SMILES string of the molecule is c1ccc(-c2nc(-c3ccc(-c4ccccc4)c4ccccc34)nc(-c3cccc4oc5c6ccccc6c(-c6ccccc6)cc5c34)n2)cc1. The van der Waals surface area contributed by atoms with E-state index in [1.165, 1.54) is 11.1 Å². The van der Waals surface area contributed by atoms with Crippen LogP contribution in [0.2, 0.25) is 0 Å². The molecule has 0 saturated carbocycles. The molecule has 238 valence electrons. The zero-order valence-electron chi connectivity index (χ0n) is 27.5. The molecule has 0 saturated heterocycles. The molecule has 2 heterocycles. The van der Waals surface area contributed by atoms with Gasteiger partial charge in [-0.3, -0.25) is 0 Å². The Morgan fingerprint density at radius 2 is 0.804 bits per heavy atom. The number of hydrogen-bond donors (Lipinski definition) is 0. The highest BCUT2D eigenvalue weighted by Crippen LogP contribution is 2.43. The fourth-order valence-electron chi connectivity index (χ4n) is 7.39. The second-order valence-electron chi connectivity index (χ2n) is 12.7. The van der Waals surface area contributed by atoms with Crippen molar-refractivity contribution in [3.8, 4) is 56.4 Å². The van der Waals surface area contributed by atoms with Gasteiger partial charge in [0.2, 0.25) is 0 Å². The first-order valence-corrected chi connectivity index (χ1v) is 17.1. The summed E-state index contributed by atoms with van der Waals surface area (Å²) in [6, 6.07) is 60.9. The molecule has 0 aliphatic heterocycles. The average molecular weight is 652 g/mol. The van der Waals surface area contributed by atoms with E-state index in [0.717, 1.165) is 71.3 Å². The van der Waals surface area contributed by atoms with Crippen LogP contribution in [-0.4, -0.2) is 15.0 Å². The van der Waals surface area contributed by atoms with Crippen molar-refractivity contribution in [1.82, 2.24) is 15.0 Å². The van der Waals surface area contributed by atoms with Crippen molar-refractivity contribution in [2.45, 2.75) is 0 Å². The second-order valence-corrected chi connectivity index (χ2v) is 12.7. The van der Waals surface area contributed by atoms with Gasteiger partial charge in [-0.05, 0) is 56.6 Å². The molecule has 4 heteroatoms. The molecule has 0 fully saturated rings. The third kappa shape index (κ3) is 4.88. The van der Waals surface area contributed by atoms with Crippen LogP contribution in [0.1, 0.15) is 0 Å². The van der Waals surface area contributed by atoms with E-state index in [-0.39, 0.29) is 0 Å². The molecule has 0 amide bonds. The average Bonchev–Trinajstić information content (AvgIpc) is 3.60. The molecule has 0 aliphatic rings. The Labute approximate surface area is 294 Å². The van der Waals surface area contributed by atoms with Crippen molar-refractivity contribution in [1.29, 1.82) is 0 Å². The number of fused-ring (bicyclic) bond motifs is 6. The van der Waals surface area contributed by atoms with Gasteiger partial charge in [-0.15, -0.1) is 0 Å². The fourth-order valence-corrected chi connectivity index (χ4v) is 7.39.